The van der Waals surface area contributed by atoms with Gasteiger partial charge in [-0.05, 0) is 32.6 Å². The average molecular weight is 316 g/mol. The summed E-state index contributed by atoms with van der Waals surface area (Å²) < 4.78 is 12.4. The minimum Gasteiger partial charge on any atom is -0.370 e. The monoisotopic (exact) mass is 316 g/mol. The molecule has 0 bridgehead atoms. The number of hydrogen-bond acceptors (Lipinski definition) is 7. The molecular formula is C14H16N6O3. The number of methoxy groups -OCH3 is 1. The van der Waals surface area contributed by atoms with Gasteiger partial charge in [0.15, 0.2) is 11.2 Å². The van der Waals surface area contributed by atoms with Gasteiger partial charge in [0.25, 0.3) is 11.4 Å². The lowest BCUT2D eigenvalue weighted by atomic mass is 10.0. The number of nitrogens with one attached hydrogen (secondary N) is 1. The molecule has 0 atom stereocenters. The van der Waals surface area contributed by atoms with Crippen LogP contribution in [0.4, 0.5) is 0 Å². The second-order valence-corrected chi connectivity index (χ2v) is 5.83. The SMILES string of the molecule is COC1(c2noc(-c3nnn4cc(C)[nH]c(=O)c34)n2)CCCC1. The third-order valence-electron chi connectivity index (χ3n) is 4.37. The van der Waals surface area contributed by atoms with Gasteiger partial charge in [-0.2, -0.15) is 4.98 Å². The van der Waals surface area contributed by atoms with Gasteiger partial charge in [0.1, 0.15) is 5.60 Å². The number of fused-ring (bicyclic) bond motifs is 1. The van der Waals surface area contributed by atoms with Crippen LogP contribution in [-0.2, 0) is 10.3 Å². The van der Waals surface area contributed by atoms with E-state index in [0.29, 0.717) is 11.5 Å². The molecule has 4 rings (SSSR count). The number of aromatic amines is 1. The number of rotatable bonds is 3. The summed E-state index contributed by atoms with van der Waals surface area (Å²) >= 11 is 0. The van der Waals surface area contributed by atoms with Crippen molar-refractivity contribution in [1.29, 1.82) is 0 Å². The lowest BCUT2D eigenvalue weighted by Crippen LogP contribution is -2.25. The van der Waals surface area contributed by atoms with Crippen molar-refractivity contribution in [3.05, 3.63) is 28.1 Å². The lowest BCUT2D eigenvalue weighted by Gasteiger charge is -2.22. The molecule has 0 amide bonds. The molecule has 0 saturated heterocycles. The topological polar surface area (TPSA) is 111 Å². The van der Waals surface area contributed by atoms with E-state index >= 15 is 0 Å². The van der Waals surface area contributed by atoms with Crippen LogP contribution in [0.5, 0.6) is 0 Å². The zero-order valence-electron chi connectivity index (χ0n) is 12.9. The van der Waals surface area contributed by atoms with Crippen LogP contribution in [0.1, 0.15) is 37.2 Å². The maximum atomic E-state index is 12.2. The second-order valence-electron chi connectivity index (χ2n) is 5.83. The first-order valence-electron chi connectivity index (χ1n) is 7.48. The van der Waals surface area contributed by atoms with Crippen molar-refractivity contribution >= 4 is 5.52 Å². The molecule has 0 aromatic carbocycles. The first-order chi connectivity index (χ1) is 11.1. The average Bonchev–Trinajstić information content (AvgIpc) is 3.25. The number of hydrogen-bond donors (Lipinski definition) is 1. The van der Waals surface area contributed by atoms with Crippen LogP contribution < -0.4 is 5.56 Å². The van der Waals surface area contributed by atoms with Crippen molar-refractivity contribution in [3.8, 4) is 11.6 Å². The highest BCUT2D eigenvalue weighted by molar-refractivity contribution is 5.69. The number of ether oxygens (including phenoxy) is 1. The predicted molar refractivity (Wildman–Crippen MR) is 78.8 cm³/mol. The van der Waals surface area contributed by atoms with E-state index in [4.69, 9.17) is 9.26 Å². The van der Waals surface area contributed by atoms with Crippen LogP contribution in [0.25, 0.3) is 17.1 Å². The van der Waals surface area contributed by atoms with Crippen molar-refractivity contribution in [1.82, 2.24) is 30.0 Å². The number of H-pyrrole nitrogens is 1. The summed E-state index contributed by atoms with van der Waals surface area (Å²) in [6, 6.07) is 0. The Morgan fingerprint density at radius 2 is 2.17 bits per heavy atom. The minimum absolute atomic E-state index is 0.174. The van der Waals surface area contributed by atoms with E-state index in [1.807, 2.05) is 0 Å². The molecule has 1 N–H and O–H groups in total. The van der Waals surface area contributed by atoms with E-state index < -0.39 is 5.60 Å². The van der Waals surface area contributed by atoms with Crippen LogP contribution in [-0.4, -0.2) is 37.1 Å². The highest BCUT2D eigenvalue weighted by atomic mass is 16.5. The third-order valence-corrected chi connectivity index (χ3v) is 4.37. The molecule has 1 aliphatic rings. The van der Waals surface area contributed by atoms with Crippen LogP contribution in [0.15, 0.2) is 15.5 Å². The zero-order chi connectivity index (χ0) is 16.0. The third kappa shape index (κ3) is 2.07. The van der Waals surface area contributed by atoms with Crippen LogP contribution >= 0.6 is 0 Å². The fraction of sp³-hybridized carbons (Fsp3) is 0.500. The highest BCUT2D eigenvalue weighted by Gasteiger charge is 2.40. The summed E-state index contributed by atoms with van der Waals surface area (Å²) in [7, 11) is 1.66. The zero-order valence-corrected chi connectivity index (χ0v) is 12.9. The van der Waals surface area contributed by atoms with Gasteiger partial charge in [-0.15, -0.1) is 5.10 Å². The van der Waals surface area contributed by atoms with Gasteiger partial charge < -0.3 is 14.2 Å². The Morgan fingerprint density at radius 1 is 1.39 bits per heavy atom. The van der Waals surface area contributed by atoms with Gasteiger partial charge in [-0.25, -0.2) is 4.52 Å². The first-order valence-corrected chi connectivity index (χ1v) is 7.48. The largest absolute Gasteiger partial charge is 0.370 e. The molecule has 1 aliphatic carbocycles. The van der Waals surface area contributed by atoms with Crippen molar-refractivity contribution in [3.63, 3.8) is 0 Å². The molecule has 9 nitrogen and oxygen atoms in total. The molecule has 3 aromatic rings. The predicted octanol–water partition coefficient (Wildman–Crippen LogP) is 1.19. The van der Waals surface area contributed by atoms with Gasteiger partial charge in [0, 0.05) is 12.8 Å². The molecule has 0 unspecified atom stereocenters. The Hall–Kier alpha value is -2.55. The van der Waals surface area contributed by atoms with Crippen molar-refractivity contribution in [2.75, 3.05) is 7.11 Å². The molecule has 0 radical (unpaired) electrons. The standard InChI is InChI=1S/C14H16N6O3/c1-8-7-20-10(11(21)15-8)9(17-19-20)12-16-13(18-23-12)14(22-2)5-3-4-6-14/h7H,3-6H2,1-2H3,(H,15,21). The van der Waals surface area contributed by atoms with E-state index in [0.717, 1.165) is 25.7 Å². The van der Waals surface area contributed by atoms with Gasteiger partial charge >= 0.3 is 0 Å². The van der Waals surface area contributed by atoms with Crippen molar-refractivity contribution < 1.29 is 9.26 Å². The van der Waals surface area contributed by atoms with E-state index in [9.17, 15) is 4.79 Å². The molecule has 9 heteroatoms. The van der Waals surface area contributed by atoms with E-state index in [-0.39, 0.29) is 22.7 Å². The molecule has 3 heterocycles. The summed E-state index contributed by atoms with van der Waals surface area (Å²) in [5, 5.41) is 12.0. The summed E-state index contributed by atoms with van der Waals surface area (Å²) in [6.45, 7) is 1.77. The molecule has 0 spiro atoms. The normalized spacial score (nSPS) is 17.1. The van der Waals surface area contributed by atoms with Gasteiger partial charge in [-0.1, -0.05) is 10.4 Å². The van der Waals surface area contributed by atoms with Crippen LogP contribution in [0, 0.1) is 6.92 Å². The summed E-state index contributed by atoms with van der Waals surface area (Å²) in [5.74, 6) is 0.671. The molecule has 0 aliphatic heterocycles. The van der Waals surface area contributed by atoms with E-state index in [1.54, 1.807) is 20.2 Å². The Kier molecular flexibility index (Phi) is 3.05. The quantitative estimate of drug-likeness (QED) is 0.772. The Balaban J connectivity index is 1.82. The van der Waals surface area contributed by atoms with Gasteiger partial charge in [0.2, 0.25) is 5.82 Å². The molecule has 1 saturated carbocycles. The van der Waals surface area contributed by atoms with Crippen LogP contribution in [0.2, 0.25) is 0 Å². The Labute approximate surface area is 130 Å². The maximum absolute atomic E-state index is 12.2. The second kappa shape index (κ2) is 4.98. The summed E-state index contributed by atoms with van der Waals surface area (Å²) in [4.78, 5) is 19.3. The molecule has 3 aromatic heterocycles. The van der Waals surface area contributed by atoms with Gasteiger partial charge in [0.05, 0.1) is 6.20 Å². The molecule has 1 fully saturated rings. The highest BCUT2D eigenvalue weighted by Crippen LogP contribution is 2.40. The Bertz CT molecular complexity index is 918. The Morgan fingerprint density at radius 3 is 2.91 bits per heavy atom. The minimum atomic E-state index is -0.506. The number of aryl methyl sites for hydroxylation is 1. The smallest absolute Gasteiger partial charge is 0.281 e. The van der Waals surface area contributed by atoms with Crippen LogP contribution in [0.3, 0.4) is 0 Å². The fourth-order valence-corrected chi connectivity index (χ4v) is 3.16. The lowest BCUT2D eigenvalue weighted by molar-refractivity contribution is -0.0178. The molecular weight excluding hydrogens is 300 g/mol. The van der Waals surface area contributed by atoms with Crippen molar-refractivity contribution in [2.24, 2.45) is 0 Å². The van der Waals surface area contributed by atoms with Gasteiger partial charge in [-0.3, -0.25) is 4.79 Å². The summed E-state index contributed by atoms with van der Waals surface area (Å²) in [5.41, 5.74) is 0.438. The fourth-order valence-electron chi connectivity index (χ4n) is 3.16. The van der Waals surface area contributed by atoms with Crippen molar-refractivity contribution in [2.45, 2.75) is 38.2 Å². The molecule has 120 valence electrons. The summed E-state index contributed by atoms with van der Waals surface area (Å²) in [6.07, 6.45) is 5.50. The molecule has 23 heavy (non-hydrogen) atoms. The number of aromatic nitrogens is 6. The first kappa shape index (κ1) is 14.1. The van der Waals surface area contributed by atoms with E-state index in [2.05, 4.69) is 25.4 Å². The van der Waals surface area contributed by atoms with E-state index in [1.165, 1.54) is 4.52 Å². The maximum Gasteiger partial charge on any atom is 0.281 e. The number of nitrogens with zero attached hydrogens (tertiary/aromatic N) is 5.